The first-order valence-electron chi connectivity index (χ1n) is 10.9. The summed E-state index contributed by atoms with van der Waals surface area (Å²) >= 11 is 0. The molecule has 0 atom stereocenters. The number of benzene rings is 1. The van der Waals surface area contributed by atoms with E-state index in [0.717, 1.165) is 47.2 Å². The maximum absolute atomic E-state index is 12.3. The van der Waals surface area contributed by atoms with E-state index in [1.807, 2.05) is 24.6 Å². The molecule has 1 amide bonds. The number of pyridine rings is 1. The van der Waals surface area contributed by atoms with Crippen molar-refractivity contribution in [3.63, 3.8) is 0 Å². The fourth-order valence-electron chi connectivity index (χ4n) is 4.26. The molecular weight excluding hydrogens is 376 g/mol. The molecule has 0 unspecified atom stereocenters. The average Bonchev–Trinajstić information content (AvgIpc) is 3.10. The number of nitrogens with zero attached hydrogens (tertiary/aromatic N) is 3. The molecule has 3 aromatic rings. The lowest BCUT2D eigenvalue weighted by atomic mass is 9.95. The van der Waals surface area contributed by atoms with E-state index in [1.165, 1.54) is 24.8 Å². The molecule has 6 heteroatoms. The van der Waals surface area contributed by atoms with Gasteiger partial charge in [0.05, 0.1) is 11.4 Å². The van der Waals surface area contributed by atoms with Crippen molar-refractivity contribution in [3.05, 3.63) is 47.2 Å². The third-order valence-electron chi connectivity index (χ3n) is 5.90. The molecule has 0 bridgehead atoms. The quantitative estimate of drug-likeness (QED) is 0.658. The Morgan fingerprint density at radius 3 is 2.60 bits per heavy atom. The predicted octanol–water partition coefficient (Wildman–Crippen LogP) is 4.43. The van der Waals surface area contributed by atoms with E-state index in [2.05, 4.69) is 36.5 Å². The first-order valence-corrected chi connectivity index (χ1v) is 10.9. The molecule has 0 spiro atoms. The van der Waals surface area contributed by atoms with Gasteiger partial charge in [-0.1, -0.05) is 38.3 Å². The van der Waals surface area contributed by atoms with Crippen molar-refractivity contribution in [2.24, 2.45) is 0 Å². The zero-order valence-corrected chi connectivity index (χ0v) is 18.1. The highest BCUT2D eigenvalue weighted by atomic mass is 16.5. The van der Waals surface area contributed by atoms with E-state index in [-0.39, 0.29) is 18.6 Å². The second-order valence-corrected chi connectivity index (χ2v) is 8.18. The first-order chi connectivity index (χ1) is 14.5. The average molecular weight is 407 g/mol. The molecule has 1 aliphatic rings. The molecule has 4 rings (SSSR count). The van der Waals surface area contributed by atoms with Gasteiger partial charge in [0.1, 0.15) is 0 Å². The normalized spacial score (nSPS) is 14.8. The second-order valence-electron chi connectivity index (χ2n) is 8.18. The van der Waals surface area contributed by atoms with E-state index in [9.17, 15) is 4.79 Å². The Kier molecular flexibility index (Phi) is 6.02. The van der Waals surface area contributed by atoms with Gasteiger partial charge in [0, 0.05) is 17.5 Å². The minimum absolute atomic E-state index is 0.0211. The van der Waals surface area contributed by atoms with E-state index in [4.69, 9.17) is 14.8 Å². The maximum atomic E-state index is 12.3. The lowest BCUT2D eigenvalue weighted by molar-refractivity contribution is -0.124. The monoisotopic (exact) mass is 406 g/mol. The van der Waals surface area contributed by atoms with Gasteiger partial charge in [-0.05, 0) is 56.4 Å². The Balaban J connectivity index is 1.55. The third-order valence-corrected chi connectivity index (χ3v) is 5.90. The smallest absolute Gasteiger partial charge is 0.258 e. The van der Waals surface area contributed by atoms with E-state index in [1.54, 1.807) is 0 Å². The number of hydrogen-bond acceptors (Lipinski definition) is 4. The van der Waals surface area contributed by atoms with Crippen molar-refractivity contribution in [2.75, 3.05) is 6.61 Å². The van der Waals surface area contributed by atoms with Gasteiger partial charge < -0.3 is 10.1 Å². The van der Waals surface area contributed by atoms with Crippen LogP contribution in [0, 0.1) is 13.8 Å². The summed E-state index contributed by atoms with van der Waals surface area (Å²) in [5.41, 5.74) is 4.96. The molecule has 1 fully saturated rings. The van der Waals surface area contributed by atoms with Crippen LogP contribution in [-0.2, 0) is 11.2 Å². The maximum Gasteiger partial charge on any atom is 0.258 e. The van der Waals surface area contributed by atoms with Crippen LogP contribution in [-0.4, -0.2) is 33.3 Å². The molecule has 2 heterocycles. The fourth-order valence-corrected chi connectivity index (χ4v) is 4.26. The van der Waals surface area contributed by atoms with Gasteiger partial charge >= 0.3 is 0 Å². The predicted molar refractivity (Wildman–Crippen MR) is 118 cm³/mol. The lowest BCUT2D eigenvalue weighted by Gasteiger charge is -2.22. The summed E-state index contributed by atoms with van der Waals surface area (Å²) in [6, 6.07) is 10.5. The third kappa shape index (κ3) is 4.32. The number of amides is 1. The number of carbonyl (C=O) groups is 1. The highest BCUT2D eigenvalue weighted by Crippen LogP contribution is 2.27. The summed E-state index contributed by atoms with van der Waals surface area (Å²) in [6.07, 6.45) is 6.75. The van der Waals surface area contributed by atoms with Gasteiger partial charge in [-0.2, -0.15) is 10.1 Å². The summed E-state index contributed by atoms with van der Waals surface area (Å²) in [5.74, 6) is 0.367. The Morgan fingerprint density at radius 1 is 1.17 bits per heavy atom. The van der Waals surface area contributed by atoms with Crippen molar-refractivity contribution in [2.45, 2.75) is 65.3 Å². The first kappa shape index (κ1) is 20.4. The number of hydrogen-bond donors (Lipinski definition) is 1. The second kappa shape index (κ2) is 8.86. The molecule has 1 N–H and O–H groups in total. The number of aryl methyl sites for hydroxylation is 3. The van der Waals surface area contributed by atoms with Gasteiger partial charge in [-0.25, -0.2) is 4.68 Å². The highest BCUT2D eigenvalue weighted by molar-refractivity contribution is 5.84. The number of rotatable bonds is 6. The molecular formula is C24H30N4O2. The summed E-state index contributed by atoms with van der Waals surface area (Å²) in [7, 11) is 0. The number of carbonyl (C=O) groups excluding carboxylic acids is 1. The van der Waals surface area contributed by atoms with Gasteiger partial charge in [0.2, 0.25) is 5.88 Å². The lowest BCUT2D eigenvalue weighted by Crippen LogP contribution is -2.39. The van der Waals surface area contributed by atoms with Crippen molar-refractivity contribution < 1.29 is 9.53 Å². The highest BCUT2D eigenvalue weighted by Gasteiger charge is 2.18. The van der Waals surface area contributed by atoms with E-state index < -0.39 is 0 Å². The Labute approximate surface area is 177 Å². The Morgan fingerprint density at radius 2 is 1.90 bits per heavy atom. The molecule has 6 nitrogen and oxygen atoms in total. The number of aromatic nitrogens is 3. The largest absolute Gasteiger partial charge is 0.468 e. The van der Waals surface area contributed by atoms with Crippen molar-refractivity contribution in [1.29, 1.82) is 0 Å². The molecule has 1 saturated carbocycles. The number of fused-ring (bicyclic) bond motifs is 1. The molecule has 1 aromatic carbocycles. The van der Waals surface area contributed by atoms with Crippen LogP contribution in [0.25, 0.3) is 16.7 Å². The van der Waals surface area contributed by atoms with Gasteiger partial charge in [0.25, 0.3) is 5.91 Å². The molecule has 0 radical (unpaired) electrons. The van der Waals surface area contributed by atoms with Crippen LogP contribution in [0.2, 0.25) is 0 Å². The number of ether oxygens (including phenoxy) is 1. The molecule has 2 aromatic heterocycles. The molecule has 0 saturated heterocycles. The van der Waals surface area contributed by atoms with Crippen LogP contribution in [0.5, 0.6) is 5.88 Å². The van der Waals surface area contributed by atoms with E-state index in [0.29, 0.717) is 5.88 Å². The summed E-state index contributed by atoms with van der Waals surface area (Å²) in [5, 5.41) is 8.81. The van der Waals surface area contributed by atoms with Crippen molar-refractivity contribution in [1.82, 2.24) is 20.1 Å². The Hall–Kier alpha value is -2.89. The van der Waals surface area contributed by atoms with Crippen LogP contribution in [0.3, 0.4) is 0 Å². The fraction of sp³-hybridized carbons (Fsp3) is 0.458. The van der Waals surface area contributed by atoms with Crippen LogP contribution >= 0.6 is 0 Å². The SMILES string of the molecule is CCc1ccc(-n2nc(C)c3c(C)cc(OCC(=O)NC4CCCCC4)nc32)cc1. The standard InChI is InChI=1S/C24H30N4O2/c1-4-18-10-12-20(13-11-18)28-24-23(17(3)27-28)16(2)14-22(26-24)30-15-21(29)25-19-8-6-5-7-9-19/h10-14,19H,4-9,15H2,1-3H3,(H,25,29). The van der Waals surface area contributed by atoms with Crippen LogP contribution in [0.4, 0.5) is 0 Å². The summed E-state index contributed by atoms with van der Waals surface area (Å²) in [6.45, 7) is 6.14. The van der Waals surface area contributed by atoms with Gasteiger partial charge in [0.15, 0.2) is 12.3 Å². The minimum Gasteiger partial charge on any atom is -0.468 e. The van der Waals surface area contributed by atoms with Crippen molar-refractivity contribution in [3.8, 4) is 11.6 Å². The zero-order chi connectivity index (χ0) is 21.1. The Bertz CT molecular complexity index is 1030. The van der Waals surface area contributed by atoms with E-state index >= 15 is 0 Å². The topological polar surface area (TPSA) is 69.0 Å². The van der Waals surface area contributed by atoms with Gasteiger partial charge in [-0.15, -0.1) is 0 Å². The van der Waals surface area contributed by atoms with Crippen molar-refractivity contribution >= 4 is 16.9 Å². The minimum atomic E-state index is -0.0821. The summed E-state index contributed by atoms with van der Waals surface area (Å²) in [4.78, 5) is 17.0. The molecule has 0 aliphatic heterocycles. The number of nitrogens with one attached hydrogen (secondary N) is 1. The van der Waals surface area contributed by atoms with Crippen LogP contribution < -0.4 is 10.1 Å². The summed E-state index contributed by atoms with van der Waals surface area (Å²) < 4.78 is 7.62. The zero-order valence-electron chi connectivity index (χ0n) is 18.1. The molecule has 158 valence electrons. The molecule has 30 heavy (non-hydrogen) atoms. The van der Waals surface area contributed by atoms with Crippen LogP contribution in [0.15, 0.2) is 30.3 Å². The van der Waals surface area contributed by atoms with Crippen LogP contribution in [0.1, 0.15) is 55.8 Å². The van der Waals surface area contributed by atoms with Gasteiger partial charge in [-0.3, -0.25) is 4.79 Å². The molecule has 1 aliphatic carbocycles.